The molecule has 0 aliphatic carbocycles. The zero-order valence-corrected chi connectivity index (χ0v) is 12.4. The monoisotopic (exact) mass is 312 g/mol. The Morgan fingerprint density at radius 3 is 2.78 bits per heavy atom. The predicted octanol–water partition coefficient (Wildman–Crippen LogP) is 2.59. The fourth-order valence-corrected chi connectivity index (χ4v) is 2.97. The second kappa shape index (κ2) is 6.55. The van der Waals surface area contributed by atoms with Crippen LogP contribution in [-0.2, 0) is 6.54 Å². The summed E-state index contributed by atoms with van der Waals surface area (Å²) in [6.07, 6.45) is 2.49. The number of likely N-dealkylation sites (tertiary alicyclic amines) is 1. The van der Waals surface area contributed by atoms with Gasteiger partial charge in [0.25, 0.3) is 0 Å². The standard InChI is InChI=1S/C14H21BrN2O/c1-16-9-11-4-6-17(7-5-11)10-12-8-13(15)2-3-14(12)18/h2-3,8,11,16,18H,4-7,9-10H2,1H3. The van der Waals surface area contributed by atoms with Crippen molar-refractivity contribution in [3.63, 3.8) is 0 Å². The molecule has 4 heteroatoms. The van der Waals surface area contributed by atoms with Crippen molar-refractivity contribution in [2.75, 3.05) is 26.7 Å². The number of rotatable bonds is 4. The number of hydrogen-bond donors (Lipinski definition) is 2. The first-order valence-corrected chi connectivity index (χ1v) is 7.32. The molecule has 3 nitrogen and oxygen atoms in total. The predicted molar refractivity (Wildman–Crippen MR) is 77.7 cm³/mol. The lowest BCUT2D eigenvalue weighted by atomic mass is 9.96. The second-order valence-corrected chi connectivity index (χ2v) is 5.97. The Morgan fingerprint density at radius 2 is 2.11 bits per heavy atom. The number of nitrogens with one attached hydrogen (secondary N) is 1. The average Bonchev–Trinajstić information content (AvgIpc) is 2.37. The van der Waals surface area contributed by atoms with E-state index in [-0.39, 0.29) is 0 Å². The minimum Gasteiger partial charge on any atom is -0.508 e. The van der Waals surface area contributed by atoms with E-state index in [2.05, 4.69) is 26.1 Å². The number of phenolic OH excluding ortho intramolecular Hbond substituents is 1. The minimum atomic E-state index is 0.399. The molecular weight excluding hydrogens is 292 g/mol. The smallest absolute Gasteiger partial charge is 0.120 e. The molecule has 1 saturated heterocycles. The van der Waals surface area contributed by atoms with Gasteiger partial charge in [-0.15, -0.1) is 0 Å². The number of nitrogens with zero attached hydrogens (tertiary/aromatic N) is 1. The fraction of sp³-hybridized carbons (Fsp3) is 0.571. The molecule has 1 aliphatic rings. The molecule has 0 spiro atoms. The summed E-state index contributed by atoms with van der Waals surface area (Å²) in [5, 5.41) is 13.1. The van der Waals surface area contributed by atoms with Gasteiger partial charge in [-0.3, -0.25) is 4.90 Å². The van der Waals surface area contributed by atoms with Crippen molar-refractivity contribution in [1.82, 2.24) is 10.2 Å². The SMILES string of the molecule is CNCC1CCN(Cc2cc(Br)ccc2O)CC1. The van der Waals surface area contributed by atoms with Crippen molar-refractivity contribution in [2.24, 2.45) is 5.92 Å². The van der Waals surface area contributed by atoms with E-state index in [0.29, 0.717) is 5.75 Å². The number of hydrogen-bond acceptors (Lipinski definition) is 3. The average molecular weight is 313 g/mol. The molecule has 2 rings (SSSR count). The Morgan fingerprint density at radius 1 is 1.39 bits per heavy atom. The molecular formula is C14H21BrN2O. The Hall–Kier alpha value is -0.580. The van der Waals surface area contributed by atoms with Gasteiger partial charge in [0, 0.05) is 16.6 Å². The zero-order valence-electron chi connectivity index (χ0n) is 10.8. The van der Waals surface area contributed by atoms with Crippen LogP contribution in [0.3, 0.4) is 0 Å². The normalized spacial score (nSPS) is 18.1. The van der Waals surface area contributed by atoms with Gasteiger partial charge in [-0.25, -0.2) is 0 Å². The van der Waals surface area contributed by atoms with Crippen LogP contribution < -0.4 is 5.32 Å². The number of benzene rings is 1. The Kier molecular flexibility index (Phi) is 5.03. The van der Waals surface area contributed by atoms with Gasteiger partial charge in [-0.1, -0.05) is 15.9 Å². The highest BCUT2D eigenvalue weighted by atomic mass is 79.9. The first-order valence-electron chi connectivity index (χ1n) is 6.53. The maximum atomic E-state index is 9.84. The maximum Gasteiger partial charge on any atom is 0.120 e. The van der Waals surface area contributed by atoms with Crippen LogP contribution in [0.15, 0.2) is 22.7 Å². The van der Waals surface area contributed by atoms with Crippen molar-refractivity contribution in [3.05, 3.63) is 28.2 Å². The van der Waals surface area contributed by atoms with Crippen LogP contribution in [-0.4, -0.2) is 36.7 Å². The van der Waals surface area contributed by atoms with Gasteiger partial charge in [0.2, 0.25) is 0 Å². The van der Waals surface area contributed by atoms with E-state index in [1.54, 1.807) is 6.07 Å². The Balaban J connectivity index is 1.89. The molecule has 100 valence electrons. The summed E-state index contributed by atoms with van der Waals surface area (Å²) in [4.78, 5) is 2.42. The molecule has 1 aromatic rings. The van der Waals surface area contributed by atoms with Crippen LogP contribution in [0.1, 0.15) is 18.4 Å². The topological polar surface area (TPSA) is 35.5 Å². The van der Waals surface area contributed by atoms with Gasteiger partial charge in [0.05, 0.1) is 0 Å². The molecule has 1 aromatic carbocycles. The highest BCUT2D eigenvalue weighted by Crippen LogP contribution is 2.25. The van der Waals surface area contributed by atoms with Crippen LogP contribution in [0.5, 0.6) is 5.75 Å². The molecule has 1 heterocycles. The van der Waals surface area contributed by atoms with Crippen molar-refractivity contribution in [3.8, 4) is 5.75 Å². The maximum absolute atomic E-state index is 9.84. The van der Waals surface area contributed by atoms with E-state index in [4.69, 9.17) is 0 Å². The molecule has 0 unspecified atom stereocenters. The van der Waals surface area contributed by atoms with E-state index in [9.17, 15) is 5.11 Å². The van der Waals surface area contributed by atoms with Gasteiger partial charge in [-0.2, -0.15) is 0 Å². The number of piperidine rings is 1. The van der Waals surface area contributed by atoms with Gasteiger partial charge < -0.3 is 10.4 Å². The number of halogens is 1. The third kappa shape index (κ3) is 3.70. The first-order chi connectivity index (χ1) is 8.69. The number of phenols is 1. The van der Waals surface area contributed by atoms with Crippen LogP contribution in [0.2, 0.25) is 0 Å². The lowest BCUT2D eigenvalue weighted by Crippen LogP contribution is -2.36. The summed E-state index contributed by atoms with van der Waals surface area (Å²) < 4.78 is 1.03. The van der Waals surface area contributed by atoms with Gasteiger partial charge >= 0.3 is 0 Å². The number of aromatic hydroxyl groups is 1. The van der Waals surface area contributed by atoms with Crippen molar-refractivity contribution in [2.45, 2.75) is 19.4 Å². The quantitative estimate of drug-likeness (QED) is 0.897. The van der Waals surface area contributed by atoms with E-state index < -0.39 is 0 Å². The van der Waals surface area contributed by atoms with Crippen LogP contribution in [0.4, 0.5) is 0 Å². The van der Waals surface area contributed by atoms with Crippen molar-refractivity contribution in [1.29, 1.82) is 0 Å². The van der Waals surface area contributed by atoms with E-state index in [0.717, 1.165) is 42.1 Å². The molecule has 0 bridgehead atoms. The van der Waals surface area contributed by atoms with Gasteiger partial charge in [0.1, 0.15) is 5.75 Å². The molecule has 1 aliphatic heterocycles. The summed E-state index contributed by atoms with van der Waals surface area (Å²) in [6.45, 7) is 4.21. The zero-order chi connectivity index (χ0) is 13.0. The van der Waals surface area contributed by atoms with Crippen LogP contribution >= 0.6 is 15.9 Å². The highest BCUT2D eigenvalue weighted by Gasteiger charge is 2.19. The minimum absolute atomic E-state index is 0.399. The fourth-order valence-electron chi connectivity index (χ4n) is 2.56. The van der Waals surface area contributed by atoms with Crippen molar-refractivity contribution >= 4 is 15.9 Å². The van der Waals surface area contributed by atoms with Crippen LogP contribution in [0.25, 0.3) is 0 Å². The third-order valence-corrected chi connectivity index (χ3v) is 4.13. The Labute approximate surface area is 117 Å². The highest BCUT2D eigenvalue weighted by molar-refractivity contribution is 9.10. The molecule has 0 radical (unpaired) electrons. The van der Waals surface area contributed by atoms with Gasteiger partial charge in [-0.05, 0) is 63.6 Å². The molecule has 2 N–H and O–H groups in total. The molecule has 0 amide bonds. The second-order valence-electron chi connectivity index (χ2n) is 5.05. The molecule has 0 aromatic heterocycles. The first kappa shape index (κ1) is 13.8. The Bertz CT molecular complexity index is 389. The molecule has 1 fully saturated rings. The van der Waals surface area contributed by atoms with Crippen molar-refractivity contribution < 1.29 is 5.11 Å². The molecule has 18 heavy (non-hydrogen) atoms. The largest absolute Gasteiger partial charge is 0.508 e. The molecule has 0 saturated carbocycles. The summed E-state index contributed by atoms with van der Waals surface area (Å²) in [5.74, 6) is 1.21. The lowest BCUT2D eigenvalue weighted by Gasteiger charge is -2.32. The van der Waals surface area contributed by atoms with E-state index in [1.807, 2.05) is 19.2 Å². The summed E-state index contributed by atoms with van der Waals surface area (Å²) in [6, 6.07) is 5.64. The molecule has 0 atom stereocenters. The van der Waals surface area contributed by atoms with E-state index in [1.165, 1.54) is 12.8 Å². The van der Waals surface area contributed by atoms with E-state index >= 15 is 0 Å². The summed E-state index contributed by atoms with van der Waals surface area (Å²) in [7, 11) is 2.02. The van der Waals surface area contributed by atoms with Gasteiger partial charge in [0.15, 0.2) is 0 Å². The summed E-state index contributed by atoms with van der Waals surface area (Å²) >= 11 is 3.45. The third-order valence-electron chi connectivity index (χ3n) is 3.64. The summed E-state index contributed by atoms with van der Waals surface area (Å²) in [5.41, 5.74) is 1.01. The lowest BCUT2D eigenvalue weighted by molar-refractivity contribution is 0.175. The van der Waals surface area contributed by atoms with Crippen LogP contribution in [0, 0.1) is 5.92 Å².